The smallest absolute Gasteiger partial charge is 0.0947 e. The van der Waals surface area contributed by atoms with Gasteiger partial charge in [-0.1, -0.05) is 18.2 Å². The number of hydrogen-bond donors (Lipinski definition) is 2. The second kappa shape index (κ2) is 4.63. The molecule has 0 fully saturated rings. The number of hydrogen-bond acceptors (Lipinski definition) is 3. The van der Waals surface area contributed by atoms with Crippen LogP contribution in [0.25, 0.3) is 0 Å². The number of rotatable bonds is 4. The van der Waals surface area contributed by atoms with Crippen molar-refractivity contribution in [2.45, 2.75) is 19.0 Å². The summed E-state index contributed by atoms with van der Waals surface area (Å²) in [6.45, 7) is 1.84. The zero-order chi connectivity index (χ0) is 11.5. The highest BCUT2D eigenvalue weighted by molar-refractivity contribution is 5.56. The van der Waals surface area contributed by atoms with E-state index in [1.165, 1.54) is 16.8 Å². The highest BCUT2D eigenvalue weighted by Gasteiger charge is 2.18. The van der Waals surface area contributed by atoms with E-state index in [1.807, 2.05) is 6.07 Å². The Kier molecular flexibility index (Phi) is 2.84. The molecule has 1 unspecified atom stereocenters. The number of furan rings is 1. The Labute approximate surface area is 101 Å². The Morgan fingerprint density at radius 1 is 1.29 bits per heavy atom. The van der Waals surface area contributed by atoms with E-state index in [2.05, 4.69) is 34.9 Å². The Morgan fingerprint density at radius 2 is 2.24 bits per heavy atom. The summed E-state index contributed by atoms with van der Waals surface area (Å²) in [4.78, 5) is 0. The molecule has 0 amide bonds. The zero-order valence-electron chi connectivity index (χ0n) is 9.65. The molecule has 1 aromatic carbocycles. The fourth-order valence-corrected chi connectivity index (χ4v) is 2.28. The summed E-state index contributed by atoms with van der Waals surface area (Å²) in [5.74, 6) is 0. The number of benzene rings is 1. The lowest BCUT2D eigenvalue weighted by Gasteiger charge is -2.11. The standard InChI is InChI=1S/C14H16N2O/c1-2-4-14-12(3-1)7-13(16-14)9-15-8-11-5-6-17-10-11/h1-6,10,13,15-16H,7-9H2. The third-order valence-electron chi connectivity index (χ3n) is 3.14. The van der Waals surface area contributed by atoms with Crippen LogP contribution in [-0.4, -0.2) is 12.6 Å². The van der Waals surface area contributed by atoms with E-state index in [0.717, 1.165) is 19.5 Å². The van der Waals surface area contributed by atoms with Gasteiger partial charge in [0.1, 0.15) is 0 Å². The zero-order valence-corrected chi connectivity index (χ0v) is 9.65. The fourth-order valence-electron chi connectivity index (χ4n) is 2.28. The highest BCUT2D eigenvalue weighted by atomic mass is 16.3. The molecule has 88 valence electrons. The SMILES string of the molecule is c1ccc2c(c1)CC(CNCc1ccoc1)N2. The van der Waals surface area contributed by atoms with Gasteiger partial charge in [0.25, 0.3) is 0 Å². The van der Waals surface area contributed by atoms with Crippen LogP contribution < -0.4 is 10.6 Å². The summed E-state index contributed by atoms with van der Waals surface area (Å²) in [6.07, 6.45) is 4.60. The van der Waals surface area contributed by atoms with E-state index in [-0.39, 0.29) is 0 Å². The molecule has 3 nitrogen and oxygen atoms in total. The van der Waals surface area contributed by atoms with Crippen molar-refractivity contribution in [2.24, 2.45) is 0 Å². The van der Waals surface area contributed by atoms with Crippen molar-refractivity contribution in [1.29, 1.82) is 0 Å². The van der Waals surface area contributed by atoms with Crippen LogP contribution in [0, 0.1) is 0 Å². The first-order valence-electron chi connectivity index (χ1n) is 5.98. The first-order valence-corrected chi connectivity index (χ1v) is 5.98. The summed E-state index contributed by atoms with van der Waals surface area (Å²) in [5.41, 5.74) is 3.89. The van der Waals surface area contributed by atoms with Gasteiger partial charge in [-0.05, 0) is 24.1 Å². The second-order valence-electron chi connectivity index (χ2n) is 4.47. The minimum Gasteiger partial charge on any atom is -0.472 e. The molecule has 3 rings (SSSR count). The van der Waals surface area contributed by atoms with Gasteiger partial charge in [0.05, 0.1) is 12.5 Å². The van der Waals surface area contributed by atoms with Gasteiger partial charge in [-0.25, -0.2) is 0 Å². The lowest BCUT2D eigenvalue weighted by molar-refractivity contribution is 0.557. The van der Waals surface area contributed by atoms with Crippen LogP contribution in [0.2, 0.25) is 0 Å². The average molecular weight is 228 g/mol. The van der Waals surface area contributed by atoms with Crippen molar-refractivity contribution >= 4 is 5.69 Å². The molecule has 3 heteroatoms. The molecule has 1 atom stereocenters. The predicted molar refractivity (Wildman–Crippen MR) is 68.0 cm³/mol. The third kappa shape index (κ3) is 2.34. The maximum atomic E-state index is 5.03. The summed E-state index contributed by atoms with van der Waals surface area (Å²) in [5, 5.41) is 6.97. The molecule has 2 aromatic rings. The van der Waals surface area contributed by atoms with E-state index in [1.54, 1.807) is 12.5 Å². The average Bonchev–Trinajstić information content (AvgIpc) is 2.96. The van der Waals surface area contributed by atoms with E-state index in [9.17, 15) is 0 Å². The van der Waals surface area contributed by atoms with Crippen molar-refractivity contribution in [1.82, 2.24) is 5.32 Å². The van der Waals surface area contributed by atoms with Crippen molar-refractivity contribution < 1.29 is 4.42 Å². The van der Waals surface area contributed by atoms with E-state index < -0.39 is 0 Å². The Morgan fingerprint density at radius 3 is 3.06 bits per heavy atom. The lowest BCUT2D eigenvalue weighted by Crippen LogP contribution is -2.30. The largest absolute Gasteiger partial charge is 0.472 e. The van der Waals surface area contributed by atoms with Crippen molar-refractivity contribution in [3.05, 3.63) is 54.0 Å². The second-order valence-corrected chi connectivity index (χ2v) is 4.47. The molecule has 0 spiro atoms. The Hall–Kier alpha value is -1.74. The lowest BCUT2D eigenvalue weighted by atomic mass is 10.1. The molecule has 1 aliphatic rings. The first-order chi connectivity index (χ1) is 8.42. The molecule has 1 aromatic heterocycles. The fraction of sp³-hybridized carbons (Fsp3) is 0.286. The van der Waals surface area contributed by atoms with Crippen molar-refractivity contribution in [3.8, 4) is 0 Å². The molecule has 17 heavy (non-hydrogen) atoms. The van der Waals surface area contributed by atoms with Crippen LogP contribution in [-0.2, 0) is 13.0 Å². The molecular formula is C14H16N2O. The molecule has 0 aliphatic carbocycles. The van der Waals surface area contributed by atoms with Crippen molar-refractivity contribution in [3.63, 3.8) is 0 Å². The van der Waals surface area contributed by atoms with Gasteiger partial charge in [-0.15, -0.1) is 0 Å². The topological polar surface area (TPSA) is 37.2 Å². The van der Waals surface area contributed by atoms with Crippen molar-refractivity contribution in [2.75, 3.05) is 11.9 Å². The van der Waals surface area contributed by atoms with E-state index in [4.69, 9.17) is 4.42 Å². The maximum absolute atomic E-state index is 5.03. The number of anilines is 1. The van der Waals surface area contributed by atoms with Gasteiger partial charge in [0.15, 0.2) is 0 Å². The third-order valence-corrected chi connectivity index (χ3v) is 3.14. The summed E-state index contributed by atoms with van der Waals surface area (Å²) in [7, 11) is 0. The molecule has 0 radical (unpaired) electrons. The van der Waals surface area contributed by atoms with Crippen LogP contribution in [0.3, 0.4) is 0 Å². The monoisotopic (exact) mass is 228 g/mol. The molecular weight excluding hydrogens is 212 g/mol. The Bertz CT molecular complexity index is 454. The number of nitrogens with one attached hydrogen (secondary N) is 2. The Balaban J connectivity index is 1.49. The number of para-hydroxylation sites is 1. The molecule has 1 aliphatic heterocycles. The van der Waals surface area contributed by atoms with Crippen LogP contribution in [0.15, 0.2) is 47.3 Å². The van der Waals surface area contributed by atoms with Gasteiger partial charge < -0.3 is 15.1 Å². The first kappa shape index (κ1) is 10.4. The van der Waals surface area contributed by atoms with E-state index in [0.29, 0.717) is 6.04 Å². The van der Waals surface area contributed by atoms with Gasteiger partial charge in [-0.3, -0.25) is 0 Å². The minimum absolute atomic E-state index is 0.499. The molecule has 2 heterocycles. The van der Waals surface area contributed by atoms with Crippen LogP contribution in [0.5, 0.6) is 0 Å². The normalized spacial score (nSPS) is 17.8. The highest BCUT2D eigenvalue weighted by Crippen LogP contribution is 2.24. The van der Waals surface area contributed by atoms with Gasteiger partial charge >= 0.3 is 0 Å². The minimum atomic E-state index is 0.499. The molecule has 2 N–H and O–H groups in total. The van der Waals surface area contributed by atoms with Crippen LogP contribution in [0.4, 0.5) is 5.69 Å². The number of fused-ring (bicyclic) bond motifs is 1. The predicted octanol–water partition coefficient (Wildman–Crippen LogP) is 2.41. The van der Waals surface area contributed by atoms with Crippen LogP contribution in [0.1, 0.15) is 11.1 Å². The molecule has 0 bridgehead atoms. The molecule has 0 saturated carbocycles. The summed E-state index contributed by atoms with van der Waals surface area (Å²) < 4.78 is 5.03. The summed E-state index contributed by atoms with van der Waals surface area (Å²) in [6, 6.07) is 11.0. The maximum Gasteiger partial charge on any atom is 0.0947 e. The molecule has 0 saturated heterocycles. The van der Waals surface area contributed by atoms with Gasteiger partial charge in [0.2, 0.25) is 0 Å². The van der Waals surface area contributed by atoms with E-state index >= 15 is 0 Å². The summed E-state index contributed by atoms with van der Waals surface area (Å²) >= 11 is 0. The van der Waals surface area contributed by atoms with Gasteiger partial charge in [-0.2, -0.15) is 0 Å². The quantitative estimate of drug-likeness (QED) is 0.843. The van der Waals surface area contributed by atoms with Crippen LogP contribution >= 0.6 is 0 Å². The van der Waals surface area contributed by atoms with Gasteiger partial charge in [0, 0.05) is 30.4 Å².